The van der Waals surface area contributed by atoms with E-state index in [4.69, 9.17) is 47.4 Å². The van der Waals surface area contributed by atoms with E-state index >= 15 is 0 Å². The summed E-state index contributed by atoms with van der Waals surface area (Å²) in [6, 6.07) is 0. The minimum absolute atomic E-state index is 0.0571. The van der Waals surface area contributed by atoms with Crippen molar-refractivity contribution < 1.29 is 47.4 Å². The van der Waals surface area contributed by atoms with Crippen LogP contribution in [0.2, 0.25) is 0 Å². The minimum Gasteiger partial charge on any atom is -0.379 e. The van der Waals surface area contributed by atoms with Gasteiger partial charge in [0, 0.05) is 13.2 Å². The van der Waals surface area contributed by atoms with Crippen molar-refractivity contribution in [2.75, 3.05) is 119 Å². The summed E-state index contributed by atoms with van der Waals surface area (Å²) in [5, 5.41) is 0. The van der Waals surface area contributed by atoms with Crippen LogP contribution >= 0.6 is 0 Å². The van der Waals surface area contributed by atoms with Crippen LogP contribution in [-0.2, 0) is 47.4 Å². The van der Waals surface area contributed by atoms with E-state index in [1.54, 1.807) is 0 Å². The predicted molar refractivity (Wildman–Crippen MR) is 145 cm³/mol. The lowest BCUT2D eigenvalue weighted by atomic mass is 10.2. The van der Waals surface area contributed by atoms with Crippen LogP contribution in [0.15, 0.2) is 0 Å². The van der Waals surface area contributed by atoms with Crippen molar-refractivity contribution in [1.29, 1.82) is 0 Å². The molecule has 0 saturated carbocycles. The third-order valence-electron chi connectivity index (χ3n) is 5.67. The van der Waals surface area contributed by atoms with Crippen LogP contribution in [-0.4, -0.2) is 125 Å². The first-order chi connectivity index (χ1) is 18.9. The molecule has 1 aliphatic rings. The van der Waals surface area contributed by atoms with Crippen LogP contribution in [0.4, 0.5) is 0 Å². The predicted octanol–water partition coefficient (Wildman–Crippen LogP) is 3.63. The second kappa shape index (κ2) is 31.1. The van der Waals surface area contributed by atoms with Crippen molar-refractivity contribution in [1.82, 2.24) is 0 Å². The first kappa shape index (κ1) is 35.6. The van der Waals surface area contributed by atoms with Crippen molar-refractivity contribution in [2.24, 2.45) is 0 Å². The van der Waals surface area contributed by atoms with Gasteiger partial charge in [0.1, 0.15) is 0 Å². The molecule has 10 heteroatoms. The maximum Gasteiger partial charge on any atom is 0.157 e. The first-order valence-electron chi connectivity index (χ1n) is 14.8. The average molecular weight is 553 g/mol. The van der Waals surface area contributed by atoms with Gasteiger partial charge in [-0.25, -0.2) is 0 Å². The van der Waals surface area contributed by atoms with Crippen LogP contribution < -0.4 is 0 Å². The Morgan fingerprint density at radius 2 is 0.842 bits per heavy atom. The highest BCUT2D eigenvalue weighted by atomic mass is 16.7. The zero-order valence-corrected chi connectivity index (χ0v) is 24.0. The van der Waals surface area contributed by atoms with Crippen LogP contribution in [0.1, 0.15) is 58.3 Å². The molecule has 1 atom stereocenters. The van der Waals surface area contributed by atoms with Crippen molar-refractivity contribution in [3.8, 4) is 0 Å². The molecule has 228 valence electrons. The Bertz CT molecular complexity index is 438. The second-order valence-electron chi connectivity index (χ2n) is 8.98. The molecule has 0 aromatic rings. The van der Waals surface area contributed by atoms with Crippen LogP contribution in [0.25, 0.3) is 0 Å². The number of unbranched alkanes of at least 4 members (excludes halogenated alkanes) is 4. The molecule has 38 heavy (non-hydrogen) atoms. The number of ether oxygens (including phenoxy) is 10. The number of hydrogen-bond donors (Lipinski definition) is 0. The Balaban J connectivity index is 1.61. The molecule has 1 aliphatic heterocycles. The molecular weight excluding hydrogens is 496 g/mol. The van der Waals surface area contributed by atoms with Crippen molar-refractivity contribution in [2.45, 2.75) is 64.6 Å². The van der Waals surface area contributed by atoms with Gasteiger partial charge in [0.25, 0.3) is 0 Å². The van der Waals surface area contributed by atoms with Gasteiger partial charge in [0.05, 0.1) is 106 Å². The van der Waals surface area contributed by atoms with E-state index in [2.05, 4.69) is 6.92 Å². The van der Waals surface area contributed by atoms with Gasteiger partial charge in [-0.2, -0.15) is 0 Å². The molecule has 0 bridgehead atoms. The van der Waals surface area contributed by atoms with Crippen LogP contribution in [0.3, 0.4) is 0 Å². The molecule has 1 rings (SSSR count). The van der Waals surface area contributed by atoms with Gasteiger partial charge in [-0.3, -0.25) is 0 Å². The fraction of sp³-hybridized carbons (Fsp3) is 1.00. The van der Waals surface area contributed by atoms with E-state index in [-0.39, 0.29) is 6.29 Å². The lowest BCUT2D eigenvalue weighted by Gasteiger charge is -2.22. The van der Waals surface area contributed by atoms with Gasteiger partial charge < -0.3 is 47.4 Å². The van der Waals surface area contributed by atoms with Gasteiger partial charge in [0.15, 0.2) is 6.29 Å². The third-order valence-corrected chi connectivity index (χ3v) is 5.67. The van der Waals surface area contributed by atoms with Gasteiger partial charge in [-0.1, -0.05) is 32.6 Å². The molecule has 0 amide bonds. The molecule has 0 radical (unpaired) electrons. The highest BCUT2D eigenvalue weighted by molar-refractivity contribution is 4.53. The summed E-state index contributed by atoms with van der Waals surface area (Å²) in [6.45, 7) is 12.8. The fourth-order valence-electron chi connectivity index (χ4n) is 3.53. The summed E-state index contributed by atoms with van der Waals surface area (Å²) in [5.41, 5.74) is 0. The standard InChI is InChI=1S/C28H56O10/c1-2-3-4-5-7-10-29-12-13-30-14-15-31-16-17-32-18-19-33-20-21-34-22-23-35-24-25-36-26-27-38-28-9-6-8-11-37-28/h28H,2-27H2,1H3. The molecule has 0 aliphatic carbocycles. The number of rotatable bonds is 31. The third kappa shape index (κ3) is 27.2. The van der Waals surface area contributed by atoms with E-state index in [9.17, 15) is 0 Å². The molecule has 0 aromatic heterocycles. The molecule has 1 heterocycles. The van der Waals surface area contributed by atoms with E-state index in [1.165, 1.54) is 32.1 Å². The highest BCUT2D eigenvalue weighted by Crippen LogP contribution is 2.13. The second-order valence-corrected chi connectivity index (χ2v) is 8.98. The smallest absolute Gasteiger partial charge is 0.157 e. The molecule has 0 N–H and O–H groups in total. The molecule has 0 spiro atoms. The molecule has 10 nitrogen and oxygen atoms in total. The Morgan fingerprint density at radius 3 is 1.24 bits per heavy atom. The maximum atomic E-state index is 5.60. The van der Waals surface area contributed by atoms with Gasteiger partial charge in [-0.05, 0) is 25.7 Å². The van der Waals surface area contributed by atoms with E-state index in [0.29, 0.717) is 106 Å². The maximum absolute atomic E-state index is 5.60. The monoisotopic (exact) mass is 552 g/mol. The summed E-state index contributed by atoms with van der Waals surface area (Å²) in [4.78, 5) is 0. The van der Waals surface area contributed by atoms with Crippen molar-refractivity contribution >= 4 is 0 Å². The normalized spacial score (nSPS) is 15.9. The largest absolute Gasteiger partial charge is 0.379 e. The molecular formula is C28H56O10. The van der Waals surface area contributed by atoms with Crippen molar-refractivity contribution in [3.05, 3.63) is 0 Å². The van der Waals surface area contributed by atoms with Gasteiger partial charge >= 0.3 is 0 Å². The summed E-state index contributed by atoms with van der Waals surface area (Å²) in [7, 11) is 0. The lowest BCUT2D eigenvalue weighted by Crippen LogP contribution is -2.24. The summed E-state index contributed by atoms with van der Waals surface area (Å²) in [5.74, 6) is 0. The highest BCUT2D eigenvalue weighted by Gasteiger charge is 2.13. The summed E-state index contributed by atoms with van der Waals surface area (Å²) < 4.78 is 55.0. The molecule has 1 unspecified atom stereocenters. The quantitative estimate of drug-likeness (QED) is 0.119. The summed E-state index contributed by atoms with van der Waals surface area (Å²) >= 11 is 0. The number of hydrogen-bond acceptors (Lipinski definition) is 10. The Labute approximate surface area is 231 Å². The first-order valence-corrected chi connectivity index (χ1v) is 14.8. The van der Waals surface area contributed by atoms with E-state index in [1.807, 2.05) is 0 Å². The Hall–Kier alpha value is -0.400. The zero-order chi connectivity index (χ0) is 27.0. The van der Waals surface area contributed by atoms with Crippen LogP contribution in [0.5, 0.6) is 0 Å². The lowest BCUT2D eigenvalue weighted by molar-refractivity contribution is -0.169. The van der Waals surface area contributed by atoms with Crippen molar-refractivity contribution in [3.63, 3.8) is 0 Å². The Morgan fingerprint density at radius 1 is 0.447 bits per heavy atom. The van der Waals surface area contributed by atoms with E-state index in [0.717, 1.165) is 32.5 Å². The van der Waals surface area contributed by atoms with Gasteiger partial charge in [0.2, 0.25) is 0 Å². The van der Waals surface area contributed by atoms with Gasteiger partial charge in [-0.15, -0.1) is 0 Å². The molecule has 0 aromatic carbocycles. The molecule has 1 fully saturated rings. The SMILES string of the molecule is CCCCCCCOCCOCCOCCOCCOCCOCCOCCOCCOC1CCCCO1. The fourth-order valence-corrected chi connectivity index (χ4v) is 3.53. The zero-order valence-electron chi connectivity index (χ0n) is 24.0. The summed E-state index contributed by atoms with van der Waals surface area (Å²) in [6.07, 6.45) is 9.52. The molecule has 1 saturated heterocycles. The van der Waals surface area contributed by atoms with Crippen LogP contribution in [0, 0.1) is 0 Å². The average Bonchev–Trinajstić information content (AvgIpc) is 2.94. The minimum atomic E-state index is -0.0571. The van der Waals surface area contributed by atoms with E-state index < -0.39 is 0 Å². The Kier molecular flexibility index (Phi) is 29.2. The topological polar surface area (TPSA) is 92.3 Å².